The summed E-state index contributed by atoms with van der Waals surface area (Å²) in [7, 11) is 0. The van der Waals surface area contributed by atoms with E-state index in [1.54, 1.807) is 0 Å². The van der Waals surface area contributed by atoms with E-state index in [4.69, 9.17) is 18.9 Å². The fourth-order valence-electron chi connectivity index (χ4n) is 8.87. The standard InChI is InChI=1S/C55H99NO13/c1-3-5-7-9-11-13-14-15-16-17-18-19-20-21-22-23-24-25-26-27-28-29-30-31-33-35-37-39-47(60)56-43(44(59)38-36-34-32-12-10-8-6-4-2)42-66-54-52(65)50(63)53(46(41-58)68-54)69-55-51(64)49(62)48(61)45(40-57)67-55/h5,7,11,13,15-16,18-19,43-46,48-55,57-59,61-65H,3-4,6,8-10,12,14,17,20-42H2,1-2H3,(H,56,60)/b7-5-,13-11-,16-15-,19-18-. The number of aliphatic hydroxyl groups excluding tert-OH is 8. The lowest BCUT2D eigenvalue weighted by molar-refractivity contribution is -0.359. The van der Waals surface area contributed by atoms with E-state index in [1.165, 1.54) is 96.3 Å². The normalized spacial score (nSPS) is 26.5. The van der Waals surface area contributed by atoms with Crippen molar-refractivity contribution in [3.63, 3.8) is 0 Å². The number of carbonyl (C=O) groups is 1. The van der Waals surface area contributed by atoms with Crippen molar-refractivity contribution >= 4 is 5.91 Å². The molecule has 12 atom stereocenters. The minimum absolute atomic E-state index is 0.212. The molecule has 14 heteroatoms. The van der Waals surface area contributed by atoms with Gasteiger partial charge in [-0.25, -0.2) is 0 Å². The maximum atomic E-state index is 13.2. The molecule has 0 spiro atoms. The zero-order valence-corrected chi connectivity index (χ0v) is 42.8. The van der Waals surface area contributed by atoms with Gasteiger partial charge in [0.05, 0.1) is 32.0 Å². The molecule has 9 N–H and O–H groups in total. The van der Waals surface area contributed by atoms with E-state index in [-0.39, 0.29) is 12.5 Å². The van der Waals surface area contributed by atoms with Crippen molar-refractivity contribution in [2.45, 2.75) is 274 Å². The van der Waals surface area contributed by atoms with Crippen molar-refractivity contribution in [1.29, 1.82) is 0 Å². The molecule has 0 aliphatic carbocycles. The van der Waals surface area contributed by atoms with E-state index in [0.29, 0.717) is 12.8 Å². The molecule has 1 amide bonds. The highest BCUT2D eigenvalue weighted by molar-refractivity contribution is 5.76. The van der Waals surface area contributed by atoms with Gasteiger partial charge < -0.3 is 65.1 Å². The molecule has 2 saturated heterocycles. The molecule has 2 rings (SSSR count). The fourth-order valence-corrected chi connectivity index (χ4v) is 8.87. The number of allylic oxidation sites excluding steroid dienone is 8. The SMILES string of the molecule is CC/C=C\C/C=C\C/C=C\C/C=C\CCCCCCCCCCCCCCCCC(=O)NC(COC1OC(CO)C(OC2OC(CO)C(O)C(O)C2O)C(O)C1O)C(O)CCCCCCCCCC. The molecule has 0 aromatic rings. The van der Waals surface area contributed by atoms with Gasteiger partial charge in [-0.3, -0.25) is 4.79 Å². The first-order valence-electron chi connectivity index (χ1n) is 27.4. The summed E-state index contributed by atoms with van der Waals surface area (Å²) < 4.78 is 22.7. The van der Waals surface area contributed by atoms with Crippen molar-refractivity contribution in [1.82, 2.24) is 5.32 Å². The van der Waals surface area contributed by atoms with Crippen LogP contribution in [0.4, 0.5) is 0 Å². The average Bonchev–Trinajstić information content (AvgIpc) is 3.35. The summed E-state index contributed by atoms with van der Waals surface area (Å²) in [6.07, 6.45) is 32.9. The van der Waals surface area contributed by atoms with Crippen LogP contribution in [0.5, 0.6) is 0 Å². The summed E-state index contributed by atoms with van der Waals surface area (Å²) in [5, 5.41) is 86.8. The largest absolute Gasteiger partial charge is 0.394 e. The van der Waals surface area contributed by atoms with Gasteiger partial charge in [0.15, 0.2) is 12.6 Å². The molecule has 0 radical (unpaired) electrons. The Balaban J connectivity index is 1.66. The van der Waals surface area contributed by atoms with Crippen LogP contribution in [0.2, 0.25) is 0 Å². The highest BCUT2D eigenvalue weighted by Crippen LogP contribution is 2.30. The summed E-state index contributed by atoms with van der Waals surface area (Å²) >= 11 is 0. The molecule has 2 fully saturated rings. The number of aliphatic hydroxyl groups is 8. The molecule has 0 aromatic carbocycles. The molecule has 14 nitrogen and oxygen atoms in total. The monoisotopic (exact) mass is 982 g/mol. The van der Waals surface area contributed by atoms with Gasteiger partial charge in [-0.2, -0.15) is 0 Å². The lowest BCUT2D eigenvalue weighted by atomic mass is 9.97. The van der Waals surface area contributed by atoms with Crippen LogP contribution in [0.1, 0.15) is 200 Å². The summed E-state index contributed by atoms with van der Waals surface area (Å²) in [5.74, 6) is -0.212. The molecular weight excluding hydrogens is 883 g/mol. The number of nitrogens with one attached hydrogen (secondary N) is 1. The minimum atomic E-state index is -1.78. The Morgan fingerprint density at radius 2 is 1.00 bits per heavy atom. The molecule has 0 bridgehead atoms. The predicted octanol–water partition coefficient (Wildman–Crippen LogP) is 8.05. The minimum Gasteiger partial charge on any atom is -0.394 e. The number of hydrogen-bond donors (Lipinski definition) is 9. The molecule has 69 heavy (non-hydrogen) atoms. The van der Waals surface area contributed by atoms with Crippen molar-refractivity contribution in [2.24, 2.45) is 0 Å². The summed E-state index contributed by atoms with van der Waals surface area (Å²) in [5.41, 5.74) is 0. The molecule has 12 unspecified atom stereocenters. The summed E-state index contributed by atoms with van der Waals surface area (Å²) in [4.78, 5) is 13.2. The highest BCUT2D eigenvalue weighted by Gasteiger charge is 2.51. The number of hydrogen-bond acceptors (Lipinski definition) is 13. The molecule has 2 aliphatic heterocycles. The average molecular weight is 982 g/mol. The molecule has 2 heterocycles. The summed E-state index contributed by atoms with van der Waals surface area (Å²) in [6.45, 7) is 2.69. The van der Waals surface area contributed by atoms with Gasteiger partial charge in [0.2, 0.25) is 5.91 Å². The number of ether oxygens (including phenoxy) is 4. The quantitative estimate of drug-likeness (QED) is 0.0209. The zero-order valence-electron chi connectivity index (χ0n) is 42.8. The van der Waals surface area contributed by atoms with Crippen molar-refractivity contribution in [3.05, 3.63) is 48.6 Å². The van der Waals surface area contributed by atoms with Crippen molar-refractivity contribution in [3.8, 4) is 0 Å². The van der Waals surface area contributed by atoms with Crippen LogP contribution >= 0.6 is 0 Å². The first kappa shape index (κ1) is 63.1. The molecule has 402 valence electrons. The van der Waals surface area contributed by atoms with Crippen LogP contribution in [-0.4, -0.2) is 140 Å². The second-order valence-electron chi connectivity index (χ2n) is 19.3. The van der Waals surface area contributed by atoms with Crippen LogP contribution in [0.15, 0.2) is 48.6 Å². The van der Waals surface area contributed by atoms with E-state index in [9.17, 15) is 45.6 Å². The third-order valence-corrected chi connectivity index (χ3v) is 13.3. The highest BCUT2D eigenvalue weighted by atomic mass is 16.7. The summed E-state index contributed by atoms with van der Waals surface area (Å²) in [6, 6.07) is -0.827. The van der Waals surface area contributed by atoms with Crippen LogP contribution in [0, 0.1) is 0 Å². The van der Waals surface area contributed by atoms with Crippen molar-refractivity contribution < 1.29 is 64.6 Å². The topological polar surface area (TPSA) is 228 Å². The van der Waals surface area contributed by atoms with Crippen LogP contribution < -0.4 is 5.32 Å². The Kier molecular flexibility index (Phi) is 37.9. The lowest BCUT2D eigenvalue weighted by Crippen LogP contribution is -2.65. The molecular formula is C55H99NO13. The van der Waals surface area contributed by atoms with E-state index >= 15 is 0 Å². The number of unbranched alkanes of at least 4 members (excludes halogenated alkanes) is 21. The Labute approximate surface area is 416 Å². The maximum Gasteiger partial charge on any atom is 0.220 e. The lowest BCUT2D eigenvalue weighted by Gasteiger charge is -2.46. The molecule has 2 aliphatic rings. The van der Waals surface area contributed by atoms with Crippen LogP contribution in [0.3, 0.4) is 0 Å². The van der Waals surface area contributed by atoms with E-state index in [1.807, 2.05) is 0 Å². The Morgan fingerprint density at radius 3 is 1.54 bits per heavy atom. The number of carbonyl (C=O) groups excluding carboxylic acids is 1. The van der Waals surface area contributed by atoms with Gasteiger partial charge in [-0.1, -0.05) is 191 Å². The second-order valence-corrected chi connectivity index (χ2v) is 19.3. The van der Waals surface area contributed by atoms with Gasteiger partial charge in [0.25, 0.3) is 0 Å². The third kappa shape index (κ3) is 28.1. The maximum absolute atomic E-state index is 13.2. The van der Waals surface area contributed by atoms with Gasteiger partial charge in [-0.05, 0) is 51.4 Å². The van der Waals surface area contributed by atoms with E-state index in [0.717, 1.165) is 77.0 Å². The first-order valence-corrected chi connectivity index (χ1v) is 27.4. The Morgan fingerprint density at radius 1 is 0.536 bits per heavy atom. The molecule has 0 saturated carbocycles. The second kappa shape index (κ2) is 41.4. The van der Waals surface area contributed by atoms with E-state index < -0.39 is 86.8 Å². The first-order chi connectivity index (χ1) is 33.6. The van der Waals surface area contributed by atoms with Gasteiger partial charge in [-0.15, -0.1) is 0 Å². The van der Waals surface area contributed by atoms with E-state index in [2.05, 4.69) is 67.8 Å². The van der Waals surface area contributed by atoms with Gasteiger partial charge in [0, 0.05) is 6.42 Å². The fraction of sp³-hybridized carbons (Fsp3) is 0.836. The Bertz CT molecular complexity index is 1340. The zero-order chi connectivity index (χ0) is 50.3. The number of rotatable bonds is 42. The van der Waals surface area contributed by atoms with Gasteiger partial charge in [0.1, 0.15) is 48.8 Å². The van der Waals surface area contributed by atoms with Gasteiger partial charge >= 0.3 is 0 Å². The predicted molar refractivity (Wildman–Crippen MR) is 272 cm³/mol. The van der Waals surface area contributed by atoms with Crippen molar-refractivity contribution in [2.75, 3.05) is 19.8 Å². The van der Waals surface area contributed by atoms with Crippen LogP contribution in [0.25, 0.3) is 0 Å². The molecule has 0 aromatic heterocycles. The third-order valence-electron chi connectivity index (χ3n) is 13.3. The number of amides is 1. The smallest absolute Gasteiger partial charge is 0.220 e. The Hall–Kier alpha value is -2.05. The van der Waals surface area contributed by atoms with Crippen LogP contribution in [-0.2, 0) is 23.7 Å².